The molecule has 0 aliphatic rings. The monoisotopic (exact) mass is 212 g/mol. The fourth-order valence-corrected chi connectivity index (χ4v) is 1.18. The largest absolute Gasteiger partial charge is 0.468 e. The number of carbonyl (C=O) groups excluding carboxylic acids is 1. The number of allylic oxidation sites excluding steroid dienone is 1. The van der Waals surface area contributed by atoms with Gasteiger partial charge < -0.3 is 15.8 Å². The zero-order valence-corrected chi connectivity index (χ0v) is 9.62. The highest BCUT2D eigenvalue weighted by molar-refractivity contribution is 5.75. The summed E-state index contributed by atoms with van der Waals surface area (Å²) < 4.78 is 4.55. The Kier molecular flexibility index (Phi) is 6.45. The molecule has 4 heteroatoms. The van der Waals surface area contributed by atoms with Crippen LogP contribution in [-0.4, -0.2) is 19.1 Å². The van der Waals surface area contributed by atoms with Crippen LogP contribution in [-0.2, 0) is 9.53 Å². The van der Waals surface area contributed by atoms with E-state index >= 15 is 0 Å². The second-order valence-electron chi connectivity index (χ2n) is 3.62. The van der Waals surface area contributed by atoms with E-state index in [4.69, 9.17) is 5.73 Å². The van der Waals surface area contributed by atoms with Gasteiger partial charge in [0.15, 0.2) is 0 Å². The van der Waals surface area contributed by atoms with Gasteiger partial charge in [-0.25, -0.2) is 0 Å². The molecule has 3 N–H and O–H groups in total. The number of carbonyl (C=O) groups is 1. The maximum absolute atomic E-state index is 11.1. The molecule has 0 saturated carbocycles. The van der Waals surface area contributed by atoms with E-state index < -0.39 is 12.0 Å². The summed E-state index contributed by atoms with van der Waals surface area (Å²) in [6, 6.07) is -0.632. The molecule has 0 saturated heterocycles. The zero-order chi connectivity index (χ0) is 11.8. The van der Waals surface area contributed by atoms with E-state index in [2.05, 4.69) is 30.5 Å². The first kappa shape index (κ1) is 13.7. The van der Waals surface area contributed by atoms with Crippen molar-refractivity contribution in [3.63, 3.8) is 0 Å². The van der Waals surface area contributed by atoms with E-state index in [1.165, 1.54) is 7.11 Å². The van der Waals surface area contributed by atoms with E-state index in [-0.39, 0.29) is 0 Å². The van der Waals surface area contributed by atoms with Crippen molar-refractivity contribution in [3.05, 3.63) is 24.6 Å². The maximum atomic E-state index is 11.1. The summed E-state index contributed by atoms with van der Waals surface area (Å²) in [5.41, 5.74) is 6.53. The fourth-order valence-electron chi connectivity index (χ4n) is 1.18. The molecular weight excluding hydrogens is 192 g/mol. The molecule has 1 atom stereocenters. The van der Waals surface area contributed by atoms with Gasteiger partial charge in [-0.2, -0.15) is 0 Å². The highest BCUT2D eigenvalue weighted by Crippen LogP contribution is 2.06. The normalized spacial score (nSPS) is 13.5. The molecule has 0 aromatic heterocycles. The highest BCUT2D eigenvalue weighted by atomic mass is 16.5. The van der Waals surface area contributed by atoms with Crippen LogP contribution in [0, 0.1) is 5.92 Å². The Balaban J connectivity index is 4.40. The summed E-state index contributed by atoms with van der Waals surface area (Å²) in [5, 5.41) is 2.96. The van der Waals surface area contributed by atoms with Gasteiger partial charge in [-0.3, -0.25) is 4.79 Å². The summed E-state index contributed by atoms with van der Waals surface area (Å²) in [4.78, 5) is 11.1. The van der Waals surface area contributed by atoms with Gasteiger partial charge in [-0.1, -0.05) is 26.5 Å². The third-order valence-electron chi connectivity index (χ3n) is 1.77. The van der Waals surface area contributed by atoms with Crippen LogP contribution in [0.25, 0.3) is 0 Å². The number of hydrogen-bond acceptors (Lipinski definition) is 4. The van der Waals surface area contributed by atoms with Crippen molar-refractivity contribution in [2.75, 3.05) is 7.11 Å². The SMILES string of the molecule is C=CN/C(=C\C(C)C)C[C@@H](N)C(=O)OC. The average molecular weight is 212 g/mol. The highest BCUT2D eigenvalue weighted by Gasteiger charge is 2.15. The predicted octanol–water partition coefficient (Wildman–Crippen LogP) is 1.15. The summed E-state index contributed by atoms with van der Waals surface area (Å²) in [7, 11) is 1.33. The van der Waals surface area contributed by atoms with E-state index in [0.717, 1.165) is 5.70 Å². The summed E-state index contributed by atoms with van der Waals surface area (Å²) in [6.07, 6.45) is 4.00. The van der Waals surface area contributed by atoms with Crippen molar-refractivity contribution in [2.45, 2.75) is 26.3 Å². The topological polar surface area (TPSA) is 64.3 Å². The fraction of sp³-hybridized carbons (Fsp3) is 0.545. The van der Waals surface area contributed by atoms with Crippen LogP contribution in [0.15, 0.2) is 24.6 Å². The Labute approximate surface area is 91.2 Å². The molecule has 0 heterocycles. The zero-order valence-electron chi connectivity index (χ0n) is 9.62. The van der Waals surface area contributed by atoms with Crippen LogP contribution in [0.1, 0.15) is 20.3 Å². The van der Waals surface area contributed by atoms with E-state index in [9.17, 15) is 4.79 Å². The number of ether oxygens (including phenoxy) is 1. The smallest absolute Gasteiger partial charge is 0.323 e. The molecule has 4 nitrogen and oxygen atoms in total. The summed E-state index contributed by atoms with van der Waals surface area (Å²) in [6.45, 7) is 7.67. The lowest BCUT2D eigenvalue weighted by Gasteiger charge is -2.13. The average Bonchev–Trinajstić information content (AvgIpc) is 2.15. The van der Waals surface area contributed by atoms with Crippen LogP contribution in [0.5, 0.6) is 0 Å². The summed E-state index contributed by atoms with van der Waals surface area (Å²) >= 11 is 0. The van der Waals surface area contributed by atoms with Crippen molar-refractivity contribution >= 4 is 5.97 Å². The minimum atomic E-state index is -0.632. The number of hydrogen-bond donors (Lipinski definition) is 2. The first-order chi connectivity index (χ1) is 7.01. The van der Waals surface area contributed by atoms with Crippen LogP contribution in [0.3, 0.4) is 0 Å². The van der Waals surface area contributed by atoms with Gasteiger partial charge in [-0.05, 0) is 12.1 Å². The van der Waals surface area contributed by atoms with Gasteiger partial charge >= 0.3 is 5.97 Å². The van der Waals surface area contributed by atoms with Crippen molar-refractivity contribution in [1.29, 1.82) is 0 Å². The van der Waals surface area contributed by atoms with E-state index in [1.807, 2.05) is 6.08 Å². The minimum Gasteiger partial charge on any atom is -0.468 e. The minimum absolute atomic E-state index is 0.386. The molecule has 0 fully saturated rings. The van der Waals surface area contributed by atoms with Crippen LogP contribution in [0.4, 0.5) is 0 Å². The molecule has 0 bridgehead atoms. The van der Waals surface area contributed by atoms with Gasteiger partial charge in [-0.15, -0.1) is 0 Å². The first-order valence-electron chi connectivity index (χ1n) is 4.92. The maximum Gasteiger partial charge on any atom is 0.323 e. The van der Waals surface area contributed by atoms with E-state index in [1.54, 1.807) is 6.20 Å². The van der Waals surface area contributed by atoms with Crippen molar-refractivity contribution in [2.24, 2.45) is 11.7 Å². The molecular formula is C11H20N2O2. The van der Waals surface area contributed by atoms with Gasteiger partial charge in [0.05, 0.1) is 7.11 Å². The molecule has 86 valence electrons. The molecule has 0 aliphatic carbocycles. The Hall–Kier alpha value is -1.29. The molecule has 0 amide bonds. The van der Waals surface area contributed by atoms with Crippen LogP contribution < -0.4 is 11.1 Å². The van der Waals surface area contributed by atoms with E-state index in [0.29, 0.717) is 12.3 Å². The van der Waals surface area contributed by atoms with Gasteiger partial charge in [0, 0.05) is 12.1 Å². The molecule has 0 spiro atoms. The standard InChI is InChI=1S/C11H20N2O2/c1-5-13-9(6-8(2)3)7-10(12)11(14)15-4/h5-6,8,10,13H,1,7,12H2,2-4H3/b9-6-/t10-/m1/s1. The number of nitrogens with two attached hydrogens (primary N) is 1. The second-order valence-corrected chi connectivity index (χ2v) is 3.62. The quantitative estimate of drug-likeness (QED) is 0.648. The third-order valence-corrected chi connectivity index (χ3v) is 1.77. The van der Waals surface area contributed by atoms with Crippen molar-refractivity contribution < 1.29 is 9.53 Å². The molecule has 0 unspecified atom stereocenters. The lowest BCUT2D eigenvalue weighted by Crippen LogP contribution is -2.33. The number of rotatable bonds is 6. The van der Waals surface area contributed by atoms with Gasteiger partial charge in [0.25, 0.3) is 0 Å². The molecule has 0 aromatic rings. The van der Waals surface area contributed by atoms with Crippen molar-refractivity contribution in [1.82, 2.24) is 5.32 Å². The van der Waals surface area contributed by atoms with Crippen molar-refractivity contribution in [3.8, 4) is 0 Å². The number of esters is 1. The Morgan fingerprint density at radius 3 is 2.60 bits per heavy atom. The third kappa shape index (κ3) is 5.91. The Morgan fingerprint density at radius 2 is 2.20 bits per heavy atom. The number of nitrogens with one attached hydrogen (secondary N) is 1. The molecule has 0 rings (SSSR count). The lowest BCUT2D eigenvalue weighted by atomic mass is 10.1. The second kappa shape index (κ2) is 7.06. The molecule has 15 heavy (non-hydrogen) atoms. The van der Waals surface area contributed by atoms with Crippen LogP contribution in [0.2, 0.25) is 0 Å². The van der Waals surface area contributed by atoms with Crippen LogP contribution >= 0.6 is 0 Å². The molecule has 0 aromatic carbocycles. The van der Waals surface area contributed by atoms with Gasteiger partial charge in [0.2, 0.25) is 0 Å². The first-order valence-corrected chi connectivity index (χ1v) is 4.92. The predicted molar refractivity (Wildman–Crippen MR) is 60.9 cm³/mol. The lowest BCUT2D eigenvalue weighted by molar-refractivity contribution is -0.142. The summed E-state index contributed by atoms with van der Waals surface area (Å²) in [5.74, 6) is -0.0205. The molecule has 0 radical (unpaired) electrons. The Morgan fingerprint density at radius 1 is 1.60 bits per heavy atom. The number of methoxy groups -OCH3 is 1. The Bertz CT molecular complexity index is 247. The van der Waals surface area contributed by atoms with Gasteiger partial charge in [0.1, 0.15) is 6.04 Å². The molecule has 0 aliphatic heterocycles.